The fourth-order valence-corrected chi connectivity index (χ4v) is 4.69. The molecule has 5 N–H and O–H groups in total. The van der Waals surface area contributed by atoms with E-state index in [-0.39, 0.29) is 49.8 Å². The molecule has 1 aromatic carbocycles. The summed E-state index contributed by atoms with van der Waals surface area (Å²) in [4.78, 5) is 54.1. The summed E-state index contributed by atoms with van der Waals surface area (Å²) in [5.41, 5.74) is 9.73. The van der Waals surface area contributed by atoms with Crippen molar-refractivity contribution in [2.45, 2.75) is 26.1 Å². The molecular weight excluding hydrogens is 618 g/mol. The number of hydrogen-bond donors (Lipinski definition) is 4. The predicted octanol–water partition coefficient (Wildman–Crippen LogP) is 2.17. The SMILES string of the molecule is Cl.NCC(=O)NCC(=O)NCCc1ccc(NC(=O)CN(CCN(Cc2ccccn2)Cc2ccccn2)Cc2ccccn2)cc1. The van der Waals surface area contributed by atoms with Crippen LogP contribution in [0.5, 0.6) is 0 Å². The molecule has 13 heteroatoms. The van der Waals surface area contributed by atoms with Crippen molar-refractivity contribution >= 4 is 35.8 Å². The number of amides is 3. The lowest BCUT2D eigenvalue weighted by molar-refractivity contribution is -0.125. The summed E-state index contributed by atoms with van der Waals surface area (Å²) in [5, 5.41) is 8.20. The van der Waals surface area contributed by atoms with Crippen molar-refractivity contribution in [2.24, 2.45) is 5.73 Å². The zero-order valence-corrected chi connectivity index (χ0v) is 27.1. The van der Waals surface area contributed by atoms with Crippen molar-refractivity contribution in [3.63, 3.8) is 0 Å². The zero-order valence-electron chi connectivity index (χ0n) is 26.3. The summed E-state index contributed by atoms with van der Waals surface area (Å²) in [5.74, 6) is -0.787. The first kappa shape index (κ1) is 36.7. The minimum absolute atomic E-state index is 0. The Morgan fingerprint density at radius 1 is 0.638 bits per heavy atom. The summed E-state index contributed by atoms with van der Waals surface area (Å²) in [6.45, 7) is 3.50. The molecule has 0 fully saturated rings. The van der Waals surface area contributed by atoms with E-state index in [1.165, 1.54) is 0 Å². The van der Waals surface area contributed by atoms with Gasteiger partial charge in [0, 0.05) is 63.5 Å². The van der Waals surface area contributed by atoms with Crippen LogP contribution < -0.4 is 21.7 Å². The van der Waals surface area contributed by atoms with Crippen LogP contribution in [0.3, 0.4) is 0 Å². The van der Waals surface area contributed by atoms with E-state index in [9.17, 15) is 14.4 Å². The van der Waals surface area contributed by atoms with Gasteiger partial charge in [-0.15, -0.1) is 12.4 Å². The maximum absolute atomic E-state index is 13.2. The second kappa shape index (κ2) is 20.4. The molecule has 0 spiro atoms. The average Bonchev–Trinajstić information content (AvgIpc) is 3.08. The van der Waals surface area contributed by atoms with Crippen LogP contribution >= 0.6 is 12.4 Å². The number of nitrogens with one attached hydrogen (secondary N) is 3. The molecule has 4 aromatic rings. The number of rotatable bonds is 18. The molecular formula is C34H42ClN9O3. The number of carbonyl (C=O) groups is 3. The molecule has 248 valence electrons. The van der Waals surface area contributed by atoms with Crippen LogP contribution in [0.4, 0.5) is 5.69 Å². The van der Waals surface area contributed by atoms with E-state index in [1.54, 1.807) is 18.6 Å². The number of hydrogen-bond acceptors (Lipinski definition) is 9. The Hall–Kier alpha value is -4.75. The van der Waals surface area contributed by atoms with Gasteiger partial charge in [-0.25, -0.2) is 0 Å². The fraction of sp³-hybridized carbons (Fsp3) is 0.294. The highest BCUT2D eigenvalue weighted by molar-refractivity contribution is 5.92. The smallest absolute Gasteiger partial charge is 0.239 e. The topological polar surface area (TPSA) is 158 Å². The van der Waals surface area contributed by atoms with E-state index in [2.05, 4.69) is 40.7 Å². The van der Waals surface area contributed by atoms with Crippen molar-refractivity contribution < 1.29 is 14.4 Å². The van der Waals surface area contributed by atoms with Crippen LogP contribution in [0.2, 0.25) is 0 Å². The molecule has 0 bridgehead atoms. The number of nitrogens with zero attached hydrogens (tertiary/aromatic N) is 5. The lowest BCUT2D eigenvalue weighted by atomic mass is 10.1. The number of benzene rings is 1. The van der Waals surface area contributed by atoms with Gasteiger partial charge >= 0.3 is 0 Å². The Bertz CT molecular complexity index is 1460. The second-order valence-electron chi connectivity index (χ2n) is 10.7. The van der Waals surface area contributed by atoms with Gasteiger partial charge in [0.15, 0.2) is 0 Å². The first-order valence-electron chi connectivity index (χ1n) is 15.2. The highest BCUT2D eigenvalue weighted by atomic mass is 35.5. The molecule has 3 heterocycles. The zero-order chi connectivity index (χ0) is 32.4. The monoisotopic (exact) mass is 659 g/mol. The van der Waals surface area contributed by atoms with E-state index in [0.29, 0.717) is 51.4 Å². The van der Waals surface area contributed by atoms with Crippen LogP contribution in [0.25, 0.3) is 0 Å². The van der Waals surface area contributed by atoms with Gasteiger partial charge in [-0.1, -0.05) is 30.3 Å². The third kappa shape index (κ3) is 14.1. The summed E-state index contributed by atoms with van der Waals surface area (Å²) in [7, 11) is 0. The molecule has 0 saturated carbocycles. The molecule has 0 aliphatic carbocycles. The third-order valence-electron chi connectivity index (χ3n) is 7.04. The van der Waals surface area contributed by atoms with Crippen molar-refractivity contribution in [3.8, 4) is 0 Å². The fourth-order valence-electron chi connectivity index (χ4n) is 4.69. The van der Waals surface area contributed by atoms with Gasteiger partial charge in [0.2, 0.25) is 17.7 Å². The minimum Gasteiger partial charge on any atom is -0.354 e. The molecule has 12 nitrogen and oxygen atoms in total. The summed E-state index contributed by atoms with van der Waals surface area (Å²) < 4.78 is 0. The molecule has 0 unspecified atom stereocenters. The van der Waals surface area contributed by atoms with Crippen molar-refractivity contribution in [2.75, 3.05) is 44.6 Å². The molecule has 0 atom stereocenters. The Morgan fingerprint density at radius 2 is 1.17 bits per heavy atom. The van der Waals surface area contributed by atoms with Gasteiger partial charge < -0.3 is 21.7 Å². The number of pyridine rings is 3. The van der Waals surface area contributed by atoms with Crippen LogP contribution in [-0.4, -0.2) is 81.7 Å². The molecule has 47 heavy (non-hydrogen) atoms. The molecule has 0 radical (unpaired) electrons. The largest absolute Gasteiger partial charge is 0.354 e. The number of anilines is 1. The van der Waals surface area contributed by atoms with Crippen molar-refractivity contribution in [1.29, 1.82) is 0 Å². The van der Waals surface area contributed by atoms with Gasteiger partial charge in [0.1, 0.15) is 0 Å². The molecule has 4 rings (SSSR count). The van der Waals surface area contributed by atoms with Gasteiger partial charge in [-0.05, 0) is 60.5 Å². The Kier molecular flexibility index (Phi) is 15.9. The van der Waals surface area contributed by atoms with Gasteiger partial charge in [-0.3, -0.25) is 39.1 Å². The number of halogens is 1. The number of carbonyl (C=O) groups excluding carboxylic acids is 3. The molecule has 0 aliphatic heterocycles. The van der Waals surface area contributed by atoms with E-state index < -0.39 is 0 Å². The van der Waals surface area contributed by atoms with E-state index in [4.69, 9.17) is 5.73 Å². The maximum Gasteiger partial charge on any atom is 0.239 e. The van der Waals surface area contributed by atoms with E-state index in [1.807, 2.05) is 78.9 Å². The molecule has 3 amide bonds. The lowest BCUT2D eigenvalue weighted by Crippen LogP contribution is -2.40. The van der Waals surface area contributed by atoms with Gasteiger partial charge in [0.25, 0.3) is 0 Å². The standard InChI is InChI=1S/C34H41N9O3.ClH/c35-21-32(44)40-22-33(45)39-18-14-27-10-12-28(13-11-27)41-34(46)26-43(25-31-9-3-6-17-38-31)20-19-42(23-29-7-1-4-15-36-29)24-30-8-2-5-16-37-30;/h1-13,15-17H,14,18-26,35H2,(H,39,45)(H,40,44)(H,41,46);1H. The van der Waals surface area contributed by atoms with Gasteiger partial charge in [-0.2, -0.15) is 0 Å². The molecule has 0 saturated heterocycles. The van der Waals surface area contributed by atoms with Gasteiger partial charge in [0.05, 0.1) is 36.7 Å². The van der Waals surface area contributed by atoms with Crippen molar-refractivity contribution in [1.82, 2.24) is 35.4 Å². The lowest BCUT2D eigenvalue weighted by Gasteiger charge is -2.27. The van der Waals surface area contributed by atoms with E-state index >= 15 is 0 Å². The molecule has 3 aromatic heterocycles. The van der Waals surface area contributed by atoms with Crippen LogP contribution in [-0.2, 0) is 40.4 Å². The summed E-state index contributed by atoms with van der Waals surface area (Å²) >= 11 is 0. The van der Waals surface area contributed by atoms with Crippen LogP contribution in [0, 0.1) is 0 Å². The second-order valence-corrected chi connectivity index (χ2v) is 10.7. The highest BCUT2D eigenvalue weighted by Crippen LogP contribution is 2.12. The number of aromatic nitrogens is 3. The third-order valence-corrected chi connectivity index (χ3v) is 7.04. The van der Waals surface area contributed by atoms with E-state index in [0.717, 1.165) is 22.6 Å². The first-order chi connectivity index (χ1) is 22.5. The number of nitrogens with two attached hydrogens (primary N) is 1. The predicted molar refractivity (Wildman–Crippen MR) is 183 cm³/mol. The van der Waals surface area contributed by atoms with Crippen molar-refractivity contribution in [3.05, 3.63) is 120 Å². The maximum atomic E-state index is 13.2. The average molecular weight is 660 g/mol. The quantitative estimate of drug-likeness (QED) is 0.126. The van der Waals surface area contributed by atoms with Crippen LogP contribution in [0.15, 0.2) is 97.5 Å². The first-order valence-corrected chi connectivity index (χ1v) is 15.2. The summed E-state index contributed by atoms with van der Waals surface area (Å²) in [6.07, 6.45) is 5.96. The normalized spacial score (nSPS) is 10.7. The highest BCUT2D eigenvalue weighted by Gasteiger charge is 2.16. The minimum atomic E-state index is -0.379. The van der Waals surface area contributed by atoms with Crippen LogP contribution in [0.1, 0.15) is 22.6 Å². The molecule has 0 aliphatic rings. The Labute approximate surface area is 281 Å². The summed E-state index contributed by atoms with van der Waals surface area (Å²) in [6, 6.07) is 25.1. The Balaban J connectivity index is 0.00000600. The Morgan fingerprint density at radius 3 is 1.68 bits per heavy atom.